The van der Waals surface area contributed by atoms with Crippen molar-refractivity contribution in [2.45, 2.75) is 20.5 Å². The van der Waals surface area contributed by atoms with Gasteiger partial charge in [-0.3, -0.25) is 9.78 Å². The predicted molar refractivity (Wildman–Crippen MR) is 44.4 cm³/mol. The molecule has 0 saturated carbocycles. The van der Waals surface area contributed by atoms with E-state index in [-0.39, 0.29) is 5.97 Å². The summed E-state index contributed by atoms with van der Waals surface area (Å²) in [6.07, 6.45) is 1.70. The van der Waals surface area contributed by atoms with Crippen molar-refractivity contribution < 1.29 is 9.53 Å². The SMILES string of the molecule is CC(=O)OCc1ccnc(C)c1. The Bertz CT molecular complexity index is 284. The van der Waals surface area contributed by atoms with Crippen LogP contribution in [0.15, 0.2) is 18.3 Å². The summed E-state index contributed by atoms with van der Waals surface area (Å²) in [5.74, 6) is -0.260. The number of rotatable bonds is 2. The Balaban J connectivity index is 2.57. The van der Waals surface area contributed by atoms with Gasteiger partial charge >= 0.3 is 5.97 Å². The fourth-order valence-electron chi connectivity index (χ4n) is 0.879. The lowest BCUT2D eigenvalue weighted by molar-refractivity contribution is -0.142. The van der Waals surface area contributed by atoms with Gasteiger partial charge in [0, 0.05) is 18.8 Å². The van der Waals surface area contributed by atoms with Gasteiger partial charge in [-0.05, 0) is 24.6 Å². The molecule has 0 saturated heterocycles. The van der Waals surface area contributed by atoms with E-state index < -0.39 is 0 Å². The van der Waals surface area contributed by atoms with Gasteiger partial charge in [-0.25, -0.2) is 0 Å². The summed E-state index contributed by atoms with van der Waals surface area (Å²) in [5.41, 5.74) is 1.90. The molecule has 1 rings (SSSR count). The number of aryl methyl sites for hydroxylation is 1. The first-order valence-electron chi connectivity index (χ1n) is 3.73. The lowest BCUT2D eigenvalue weighted by atomic mass is 10.2. The van der Waals surface area contributed by atoms with Gasteiger partial charge in [0.2, 0.25) is 0 Å². The van der Waals surface area contributed by atoms with Crippen LogP contribution in [0.25, 0.3) is 0 Å². The van der Waals surface area contributed by atoms with Gasteiger partial charge in [-0.15, -0.1) is 0 Å². The summed E-state index contributed by atoms with van der Waals surface area (Å²) >= 11 is 0. The molecule has 0 bridgehead atoms. The summed E-state index contributed by atoms with van der Waals surface area (Å²) in [7, 11) is 0. The topological polar surface area (TPSA) is 39.2 Å². The average molecular weight is 165 g/mol. The Labute approximate surface area is 71.4 Å². The first kappa shape index (κ1) is 8.71. The fraction of sp³-hybridized carbons (Fsp3) is 0.333. The van der Waals surface area contributed by atoms with Gasteiger partial charge in [0.1, 0.15) is 6.61 Å². The predicted octanol–water partition coefficient (Wildman–Crippen LogP) is 1.45. The highest BCUT2D eigenvalue weighted by molar-refractivity contribution is 5.65. The molecule has 0 N–H and O–H groups in total. The maximum absolute atomic E-state index is 10.5. The number of pyridine rings is 1. The molecular weight excluding hydrogens is 154 g/mol. The van der Waals surface area contributed by atoms with E-state index in [9.17, 15) is 4.79 Å². The van der Waals surface area contributed by atoms with Crippen LogP contribution in [0.4, 0.5) is 0 Å². The van der Waals surface area contributed by atoms with Crippen molar-refractivity contribution in [1.29, 1.82) is 0 Å². The van der Waals surface area contributed by atoms with Crippen LogP contribution >= 0.6 is 0 Å². The second-order valence-electron chi connectivity index (χ2n) is 2.59. The van der Waals surface area contributed by atoms with Crippen LogP contribution in [-0.2, 0) is 16.1 Å². The molecule has 3 nitrogen and oxygen atoms in total. The molecule has 0 unspecified atom stereocenters. The van der Waals surface area contributed by atoms with E-state index in [0.717, 1.165) is 11.3 Å². The third kappa shape index (κ3) is 2.70. The zero-order chi connectivity index (χ0) is 8.97. The van der Waals surface area contributed by atoms with E-state index in [0.29, 0.717) is 6.61 Å². The van der Waals surface area contributed by atoms with Crippen LogP contribution in [-0.4, -0.2) is 11.0 Å². The highest BCUT2D eigenvalue weighted by Gasteiger charge is 1.95. The van der Waals surface area contributed by atoms with Gasteiger partial charge in [0.15, 0.2) is 0 Å². The number of esters is 1. The number of carbonyl (C=O) groups excluding carboxylic acids is 1. The third-order valence-electron chi connectivity index (χ3n) is 1.40. The normalized spacial score (nSPS) is 9.50. The Morgan fingerprint density at radius 2 is 2.42 bits per heavy atom. The molecule has 3 heteroatoms. The number of carbonyl (C=O) groups is 1. The quantitative estimate of drug-likeness (QED) is 0.622. The van der Waals surface area contributed by atoms with Crippen molar-refractivity contribution in [2.24, 2.45) is 0 Å². The van der Waals surface area contributed by atoms with Gasteiger partial charge in [0.05, 0.1) is 0 Å². The van der Waals surface area contributed by atoms with Crippen LogP contribution in [0.1, 0.15) is 18.2 Å². The zero-order valence-electron chi connectivity index (χ0n) is 7.20. The Hall–Kier alpha value is -1.38. The molecule has 0 fully saturated rings. The van der Waals surface area contributed by atoms with Crippen LogP contribution < -0.4 is 0 Å². The summed E-state index contributed by atoms with van der Waals surface area (Å²) in [4.78, 5) is 14.5. The van der Waals surface area contributed by atoms with Crippen LogP contribution in [0.5, 0.6) is 0 Å². The molecule has 0 aromatic carbocycles. The maximum atomic E-state index is 10.5. The minimum Gasteiger partial charge on any atom is -0.461 e. The third-order valence-corrected chi connectivity index (χ3v) is 1.40. The van der Waals surface area contributed by atoms with E-state index in [1.54, 1.807) is 6.20 Å². The number of ether oxygens (including phenoxy) is 1. The Morgan fingerprint density at radius 1 is 1.67 bits per heavy atom. The van der Waals surface area contributed by atoms with Crippen LogP contribution in [0, 0.1) is 6.92 Å². The average Bonchev–Trinajstić information content (AvgIpc) is 2.01. The Morgan fingerprint density at radius 3 is 3.00 bits per heavy atom. The fourth-order valence-corrected chi connectivity index (χ4v) is 0.879. The van der Waals surface area contributed by atoms with Gasteiger partial charge < -0.3 is 4.74 Å². The lowest BCUT2D eigenvalue weighted by Gasteiger charge is -2.01. The minimum atomic E-state index is -0.260. The van der Waals surface area contributed by atoms with E-state index in [2.05, 4.69) is 4.98 Å². The lowest BCUT2D eigenvalue weighted by Crippen LogP contribution is -1.99. The monoisotopic (exact) mass is 165 g/mol. The molecule has 0 aliphatic heterocycles. The van der Waals surface area contributed by atoms with Gasteiger partial charge in [-0.2, -0.15) is 0 Å². The van der Waals surface area contributed by atoms with E-state index in [1.807, 2.05) is 19.1 Å². The molecule has 0 aliphatic carbocycles. The number of aromatic nitrogens is 1. The molecule has 1 heterocycles. The number of hydrogen-bond donors (Lipinski definition) is 0. The molecule has 1 aromatic rings. The van der Waals surface area contributed by atoms with Crippen molar-refractivity contribution in [3.63, 3.8) is 0 Å². The molecule has 0 atom stereocenters. The number of hydrogen-bond acceptors (Lipinski definition) is 3. The molecule has 12 heavy (non-hydrogen) atoms. The van der Waals surface area contributed by atoms with Crippen molar-refractivity contribution in [3.8, 4) is 0 Å². The van der Waals surface area contributed by atoms with Gasteiger partial charge in [0.25, 0.3) is 0 Å². The molecule has 1 aromatic heterocycles. The first-order chi connectivity index (χ1) is 5.68. The highest BCUT2D eigenvalue weighted by Crippen LogP contribution is 2.02. The standard InChI is InChI=1S/C9H11NO2/c1-7-5-9(3-4-10-7)6-12-8(2)11/h3-5H,6H2,1-2H3. The van der Waals surface area contributed by atoms with E-state index in [4.69, 9.17) is 4.74 Å². The smallest absolute Gasteiger partial charge is 0.302 e. The van der Waals surface area contributed by atoms with Crippen molar-refractivity contribution in [3.05, 3.63) is 29.6 Å². The second kappa shape index (κ2) is 3.85. The summed E-state index contributed by atoms with van der Waals surface area (Å²) < 4.78 is 4.82. The summed E-state index contributed by atoms with van der Waals surface area (Å²) in [5, 5.41) is 0. The van der Waals surface area contributed by atoms with E-state index in [1.165, 1.54) is 6.92 Å². The molecular formula is C9H11NO2. The highest BCUT2D eigenvalue weighted by atomic mass is 16.5. The largest absolute Gasteiger partial charge is 0.461 e. The van der Waals surface area contributed by atoms with Crippen molar-refractivity contribution in [1.82, 2.24) is 4.98 Å². The summed E-state index contributed by atoms with van der Waals surface area (Å²) in [6.45, 7) is 3.63. The van der Waals surface area contributed by atoms with E-state index >= 15 is 0 Å². The van der Waals surface area contributed by atoms with Gasteiger partial charge in [-0.1, -0.05) is 0 Å². The van der Waals surface area contributed by atoms with Crippen LogP contribution in [0.2, 0.25) is 0 Å². The molecule has 0 aliphatic rings. The maximum Gasteiger partial charge on any atom is 0.302 e. The molecule has 0 amide bonds. The number of nitrogens with zero attached hydrogens (tertiary/aromatic N) is 1. The summed E-state index contributed by atoms with van der Waals surface area (Å²) in [6, 6.07) is 3.72. The van der Waals surface area contributed by atoms with Crippen molar-refractivity contribution in [2.75, 3.05) is 0 Å². The van der Waals surface area contributed by atoms with Crippen molar-refractivity contribution >= 4 is 5.97 Å². The Kier molecular flexibility index (Phi) is 2.80. The zero-order valence-corrected chi connectivity index (χ0v) is 7.20. The first-order valence-corrected chi connectivity index (χ1v) is 3.73. The molecule has 0 spiro atoms. The molecule has 0 radical (unpaired) electrons. The second-order valence-corrected chi connectivity index (χ2v) is 2.59. The van der Waals surface area contributed by atoms with Crippen LogP contribution in [0.3, 0.4) is 0 Å². The minimum absolute atomic E-state index is 0.260. The molecule has 64 valence electrons.